The summed E-state index contributed by atoms with van der Waals surface area (Å²) in [5.74, 6) is 0.934. The van der Waals surface area contributed by atoms with Gasteiger partial charge in [-0.3, -0.25) is 4.57 Å². The first kappa shape index (κ1) is 17.5. The van der Waals surface area contributed by atoms with Crippen molar-refractivity contribution in [3.63, 3.8) is 0 Å². The summed E-state index contributed by atoms with van der Waals surface area (Å²) in [5.41, 5.74) is 5.24. The molecular weight excluding hydrogens is 387 g/mol. The normalized spacial score (nSPS) is 11.5. The summed E-state index contributed by atoms with van der Waals surface area (Å²) >= 11 is 1.74. The van der Waals surface area contributed by atoms with Crippen LogP contribution >= 0.6 is 11.3 Å². The number of rotatable bonds is 3. The van der Waals surface area contributed by atoms with E-state index in [1.807, 2.05) is 36.4 Å². The monoisotopic (exact) mass is 404 g/mol. The number of fused-ring (bicyclic) bond motifs is 4. The maximum Gasteiger partial charge on any atom is 0.306 e. The summed E-state index contributed by atoms with van der Waals surface area (Å²) in [6, 6.07) is 31.2. The highest BCUT2D eigenvalue weighted by atomic mass is 32.1. The summed E-state index contributed by atoms with van der Waals surface area (Å²) in [7, 11) is 0.0444. The van der Waals surface area contributed by atoms with Crippen LogP contribution in [0.3, 0.4) is 0 Å². The van der Waals surface area contributed by atoms with Crippen LogP contribution in [0.1, 0.15) is 0 Å². The van der Waals surface area contributed by atoms with Crippen molar-refractivity contribution in [2.45, 2.75) is 0 Å². The second-order valence-electron chi connectivity index (χ2n) is 7.33. The molecular formula is C25H17BN2OS. The fourth-order valence-electron chi connectivity index (χ4n) is 4.22. The van der Waals surface area contributed by atoms with E-state index in [0.717, 1.165) is 38.3 Å². The van der Waals surface area contributed by atoms with E-state index >= 15 is 0 Å². The Kier molecular flexibility index (Phi) is 3.98. The topological polar surface area (TPSA) is 38.0 Å². The molecule has 2 heterocycles. The number of hydrogen-bond acceptors (Lipinski definition) is 3. The average Bonchev–Trinajstić information content (AvgIpc) is 3.38. The van der Waals surface area contributed by atoms with Crippen molar-refractivity contribution in [2.75, 3.05) is 0 Å². The summed E-state index contributed by atoms with van der Waals surface area (Å²) in [6.45, 7) is 0. The second-order valence-corrected chi connectivity index (χ2v) is 8.35. The molecule has 0 aliphatic heterocycles. The quantitative estimate of drug-likeness (QED) is 0.420. The Balaban J connectivity index is 1.75. The molecule has 0 saturated heterocycles. The van der Waals surface area contributed by atoms with E-state index in [1.54, 1.807) is 11.3 Å². The number of benzene rings is 4. The van der Waals surface area contributed by atoms with E-state index in [9.17, 15) is 5.02 Å². The molecule has 5 heteroatoms. The zero-order chi connectivity index (χ0) is 20.1. The first-order chi connectivity index (χ1) is 14.8. The third-order valence-corrected chi connectivity index (χ3v) is 6.91. The highest BCUT2D eigenvalue weighted by Gasteiger charge is 2.18. The van der Waals surface area contributed by atoms with Gasteiger partial charge >= 0.3 is 7.48 Å². The Morgan fingerprint density at radius 1 is 0.733 bits per heavy atom. The van der Waals surface area contributed by atoms with Crippen molar-refractivity contribution in [3.05, 3.63) is 91.0 Å². The Bertz CT molecular complexity index is 1540. The van der Waals surface area contributed by atoms with Crippen LogP contribution < -0.4 is 5.46 Å². The molecule has 0 atom stereocenters. The van der Waals surface area contributed by atoms with E-state index in [1.165, 1.54) is 15.5 Å². The fourth-order valence-corrected chi connectivity index (χ4v) is 5.52. The molecule has 6 rings (SSSR count). The SMILES string of the molecule is OBc1cccc2c1sc1c(-n3c(-c4ccccc4)nc4ccccc43)cccc12. The van der Waals surface area contributed by atoms with Crippen LogP contribution in [0.2, 0.25) is 0 Å². The predicted molar refractivity (Wildman–Crippen MR) is 128 cm³/mol. The standard InChI is InChI=1S/C25H17BN2OS/c29-26-19-12-6-10-17-18-11-7-15-22(24(18)30-23(17)19)28-21-14-5-4-13-20(21)27-25(28)16-8-2-1-3-9-16/h1-15,26,29H. The van der Waals surface area contributed by atoms with E-state index in [2.05, 4.69) is 59.2 Å². The van der Waals surface area contributed by atoms with Gasteiger partial charge in [0, 0.05) is 15.6 Å². The Hall–Kier alpha value is -3.41. The van der Waals surface area contributed by atoms with Crippen LogP contribution in [0.5, 0.6) is 0 Å². The molecule has 0 unspecified atom stereocenters. The molecule has 2 aromatic heterocycles. The maximum atomic E-state index is 9.84. The molecule has 0 aliphatic rings. The maximum absolute atomic E-state index is 9.84. The molecule has 0 radical (unpaired) electrons. The molecule has 0 fully saturated rings. The van der Waals surface area contributed by atoms with Gasteiger partial charge in [-0.15, -0.1) is 11.3 Å². The van der Waals surface area contributed by atoms with Crippen molar-refractivity contribution < 1.29 is 5.02 Å². The molecule has 1 N–H and O–H groups in total. The highest BCUT2D eigenvalue weighted by molar-refractivity contribution is 7.27. The Morgan fingerprint density at radius 3 is 2.30 bits per heavy atom. The van der Waals surface area contributed by atoms with Crippen molar-refractivity contribution in [2.24, 2.45) is 0 Å². The molecule has 142 valence electrons. The molecule has 0 bridgehead atoms. The van der Waals surface area contributed by atoms with Gasteiger partial charge in [0.1, 0.15) is 5.82 Å². The summed E-state index contributed by atoms with van der Waals surface area (Å²) in [6.07, 6.45) is 0. The lowest BCUT2D eigenvalue weighted by Crippen LogP contribution is -2.12. The molecule has 0 spiro atoms. The summed E-state index contributed by atoms with van der Waals surface area (Å²) in [5, 5.41) is 12.2. The minimum absolute atomic E-state index is 0.0444. The van der Waals surface area contributed by atoms with Crippen LogP contribution in [0.4, 0.5) is 0 Å². The van der Waals surface area contributed by atoms with Crippen molar-refractivity contribution in [1.29, 1.82) is 0 Å². The van der Waals surface area contributed by atoms with Gasteiger partial charge < -0.3 is 5.02 Å². The van der Waals surface area contributed by atoms with E-state index in [4.69, 9.17) is 4.98 Å². The average molecular weight is 404 g/mol. The predicted octanol–water partition coefficient (Wildman–Crippen LogP) is 5.03. The molecule has 6 aromatic rings. The van der Waals surface area contributed by atoms with Gasteiger partial charge in [0.15, 0.2) is 0 Å². The molecule has 30 heavy (non-hydrogen) atoms. The first-order valence-corrected chi connectivity index (χ1v) is 10.7. The van der Waals surface area contributed by atoms with Crippen LogP contribution in [0.15, 0.2) is 91.0 Å². The van der Waals surface area contributed by atoms with Gasteiger partial charge in [0.2, 0.25) is 0 Å². The number of nitrogens with zero attached hydrogens (tertiary/aromatic N) is 2. The van der Waals surface area contributed by atoms with E-state index in [0.29, 0.717) is 0 Å². The van der Waals surface area contributed by atoms with Gasteiger partial charge in [0.05, 0.1) is 21.4 Å². The number of para-hydroxylation sites is 2. The molecule has 0 amide bonds. The minimum Gasteiger partial charge on any atom is -0.449 e. The molecule has 3 nitrogen and oxygen atoms in total. The summed E-state index contributed by atoms with van der Waals surface area (Å²) in [4.78, 5) is 4.98. The molecule has 0 saturated carbocycles. The molecule has 0 aliphatic carbocycles. The lowest BCUT2D eigenvalue weighted by atomic mass is 9.88. The Labute approximate surface area is 178 Å². The highest BCUT2D eigenvalue weighted by Crippen LogP contribution is 2.39. The fraction of sp³-hybridized carbons (Fsp3) is 0. The lowest BCUT2D eigenvalue weighted by molar-refractivity contribution is 0.616. The van der Waals surface area contributed by atoms with Gasteiger partial charge in [-0.1, -0.05) is 72.8 Å². The number of imidazole rings is 1. The minimum atomic E-state index is 0.0444. The van der Waals surface area contributed by atoms with Crippen LogP contribution in [0, 0.1) is 0 Å². The lowest BCUT2D eigenvalue weighted by Gasteiger charge is -2.11. The number of aromatic nitrogens is 2. The van der Waals surface area contributed by atoms with Crippen LogP contribution in [-0.4, -0.2) is 22.1 Å². The van der Waals surface area contributed by atoms with E-state index < -0.39 is 0 Å². The van der Waals surface area contributed by atoms with Crippen molar-refractivity contribution >= 4 is 55.5 Å². The van der Waals surface area contributed by atoms with E-state index in [-0.39, 0.29) is 7.48 Å². The van der Waals surface area contributed by atoms with Crippen LogP contribution in [0.25, 0.3) is 48.3 Å². The second kappa shape index (κ2) is 6.83. The Morgan fingerprint density at radius 2 is 1.47 bits per heavy atom. The number of thiophene rings is 1. The summed E-state index contributed by atoms with van der Waals surface area (Å²) < 4.78 is 4.61. The number of hydrogen-bond donors (Lipinski definition) is 1. The van der Waals surface area contributed by atoms with Gasteiger partial charge in [-0.25, -0.2) is 4.98 Å². The van der Waals surface area contributed by atoms with Crippen molar-refractivity contribution in [3.8, 4) is 17.1 Å². The van der Waals surface area contributed by atoms with Crippen LogP contribution in [-0.2, 0) is 0 Å². The third kappa shape index (κ3) is 2.53. The van der Waals surface area contributed by atoms with Crippen molar-refractivity contribution in [1.82, 2.24) is 9.55 Å². The van der Waals surface area contributed by atoms with Gasteiger partial charge in [-0.05, 0) is 29.0 Å². The van der Waals surface area contributed by atoms with Gasteiger partial charge in [-0.2, -0.15) is 0 Å². The molecule has 4 aromatic carbocycles. The first-order valence-electron chi connectivity index (χ1n) is 9.92. The third-order valence-electron chi connectivity index (χ3n) is 5.59. The zero-order valence-corrected chi connectivity index (χ0v) is 16.9. The zero-order valence-electron chi connectivity index (χ0n) is 16.1. The largest absolute Gasteiger partial charge is 0.449 e. The van der Waals surface area contributed by atoms with Gasteiger partial charge in [0.25, 0.3) is 0 Å². The smallest absolute Gasteiger partial charge is 0.306 e.